The normalized spacial score (nSPS) is 15.2. The highest BCUT2D eigenvalue weighted by atomic mass is 32.2. The van der Waals surface area contributed by atoms with E-state index in [4.69, 9.17) is 0 Å². The molecule has 0 aromatic rings. The Hall–Kier alpha value is -0.380. The van der Waals surface area contributed by atoms with E-state index >= 15 is 0 Å². The third kappa shape index (κ3) is 3.85. The molecule has 0 radical (unpaired) electrons. The Morgan fingerprint density at radius 1 is 1.58 bits per heavy atom. The minimum Gasteiger partial charge on any atom is -0.468 e. The lowest BCUT2D eigenvalue weighted by Gasteiger charge is -2.10. The molecule has 0 aliphatic heterocycles. The lowest BCUT2D eigenvalue weighted by molar-refractivity contribution is -0.140. The molecule has 0 amide bonds. The van der Waals surface area contributed by atoms with Crippen molar-refractivity contribution in [2.75, 3.05) is 13.4 Å². The maximum absolute atomic E-state index is 11.1. The van der Waals surface area contributed by atoms with Crippen LogP contribution in [0.25, 0.3) is 0 Å². The van der Waals surface area contributed by atoms with Gasteiger partial charge in [0, 0.05) is 17.1 Å². The van der Waals surface area contributed by atoms with Gasteiger partial charge in [-0.2, -0.15) is 0 Å². The molecule has 0 aromatic carbocycles. The fourth-order valence-electron chi connectivity index (χ4n) is 0.940. The molecule has 2 atom stereocenters. The zero-order chi connectivity index (χ0) is 9.56. The van der Waals surface area contributed by atoms with Gasteiger partial charge in [-0.05, 0) is 6.42 Å². The van der Waals surface area contributed by atoms with E-state index in [9.17, 15) is 9.00 Å². The van der Waals surface area contributed by atoms with Crippen molar-refractivity contribution in [1.82, 2.24) is 0 Å². The summed E-state index contributed by atoms with van der Waals surface area (Å²) in [5, 5.41) is -0.435. The number of rotatable bonds is 5. The van der Waals surface area contributed by atoms with E-state index in [2.05, 4.69) is 4.74 Å². The van der Waals surface area contributed by atoms with Crippen LogP contribution in [0.4, 0.5) is 0 Å². The highest BCUT2D eigenvalue weighted by Gasteiger charge is 2.21. The van der Waals surface area contributed by atoms with Crippen LogP contribution in [0.15, 0.2) is 0 Å². The molecular formula is C8H16O3S. The molecule has 2 unspecified atom stereocenters. The smallest absolute Gasteiger partial charge is 0.321 e. The van der Waals surface area contributed by atoms with E-state index in [1.54, 1.807) is 0 Å². The Morgan fingerprint density at radius 2 is 2.17 bits per heavy atom. The average Bonchev–Trinajstić information content (AvgIpc) is 2.04. The first-order valence-electron chi connectivity index (χ1n) is 4.03. The summed E-state index contributed by atoms with van der Waals surface area (Å²) in [7, 11) is 0.218. The first kappa shape index (κ1) is 11.6. The van der Waals surface area contributed by atoms with Crippen molar-refractivity contribution in [2.45, 2.75) is 31.4 Å². The summed E-state index contributed by atoms with van der Waals surface area (Å²) < 4.78 is 15.6. The van der Waals surface area contributed by atoms with Crippen LogP contribution in [-0.2, 0) is 20.3 Å². The molecule has 0 bridgehead atoms. The standard InChI is InChI=1S/C8H16O3S/c1-4-5-6-7(12(3)10)8(9)11-2/h7H,4-6H2,1-3H3. The molecule has 0 saturated heterocycles. The van der Waals surface area contributed by atoms with Gasteiger partial charge in [0.1, 0.15) is 5.25 Å². The molecule has 0 saturated carbocycles. The summed E-state index contributed by atoms with van der Waals surface area (Å²) in [6.45, 7) is 2.03. The van der Waals surface area contributed by atoms with Crippen LogP contribution in [0.2, 0.25) is 0 Å². The number of unbranched alkanes of at least 4 members (excludes halogenated alkanes) is 1. The Kier molecular flexibility index (Phi) is 5.98. The van der Waals surface area contributed by atoms with Gasteiger partial charge in [0.2, 0.25) is 0 Å². The maximum atomic E-state index is 11.1. The van der Waals surface area contributed by atoms with Gasteiger partial charge in [-0.3, -0.25) is 9.00 Å². The minimum absolute atomic E-state index is 0.357. The highest BCUT2D eigenvalue weighted by molar-refractivity contribution is 7.85. The van der Waals surface area contributed by atoms with Crippen molar-refractivity contribution in [3.8, 4) is 0 Å². The number of esters is 1. The highest BCUT2D eigenvalue weighted by Crippen LogP contribution is 2.07. The molecule has 0 heterocycles. The summed E-state index contributed by atoms with van der Waals surface area (Å²) >= 11 is 0. The third-order valence-electron chi connectivity index (χ3n) is 1.68. The Morgan fingerprint density at radius 3 is 2.50 bits per heavy atom. The molecular weight excluding hydrogens is 176 g/mol. The Balaban J connectivity index is 4.04. The van der Waals surface area contributed by atoms with Crippen LogP contribution in [0.1, 0.15) is 26.2 Å². The van der Waals surface area contributed by atoms with Gasteiger partial charge >= 0.3 is 5.97 Å². The predicted molar refractivity (Wildman–Crippen MR) is 49.4 cm³/mol. The van der Waals surface area contributed by atoms with Crippen molar-refractivity contribution < 1.29 is 13.7 Å². The summed E-state index contributed by atoms with van der Waals surface area (Å²) in [4.78, 5) is 11.0. The Labute approximate surface area is 75.9 Å². The van der Waals surface area contributed by atoms with Crippen LogP contribution >= 0.6 is 0 Å². The molecule has 0 aliphatic rings. The molecule has 0 N–H and O–H groups in total. The van der Waals surface area contributed by atoms with Crippen LogP contribution in [-0.4, -0.2) is 28.8 Å². The number of hydrogen-bond acceptors (Lipinski definition) is 3. The van der Waals surface area contributed by atoms with Crippen molar-refractivity contribution >= 4 is 16.8 Å². The quantitative estimate of drug-likeness (QED) is 0.613. The fourth-order valence-corrected chi connectivity index (χ4v) is 1.81. The van der Waals surface area contributed by atoms with Gasteiger partial charge in [-0.15, -0.1) is 0 Å². The second-order valence-corrected chi connectivity index (χ2v) is 4.22. The van der Waals surface area contributed by atoms with Crippen molar-refractivity contribution in [2.24, 2.45) is 0 Å². The SMILES string of the molecule is CCCCC(C(=O)OC)S(C)=O. The van der Waals surface area contributed by atoms with Gasteiger partial charge in [-0.1, -0.05) is 19.8 Å². The largest absolute Gasteiger partial charge is 0.468 e. The number of carbonyl (C=O) groups is 1. The molecule has 12 heavy (non-hydrogen) atoms. The van der Waals surface area contributed by atoms with Gasteiger partial charge in [0.25, 0.3) is 0 Å². The summed E-state index contributed by atoms with van der Waals surface area (Å²) in [6, 6.07) is 0. The first-order valence-corrected chi connectivity index (χ1v) is 5.65. The van der Waals surface area contributed by atoms with Gasteiger partial charge < -0.3 is 4.74 Å². The van der Waals surface area contributed by atoms with Gasteiger partial charge in [0.05, 0.1) is 7.11 Å². The molecule has 4 heteroatoms. The van der Waals surface area contributed by atoms with Crippen molar-refractivity contribution in [3.63, 3.8) is 0 Å². The molecule has 0 fully saturated rings. The number of ether oxygens (including phenoxy) is 1. The molecule has 0 spiro atoms. The van der Waals surface area contributed by atoms with Gasteiger partial charge in [0.15, 0.2) is 0 Å². The van der Waals surface area contributed by atoms with Crippen LogP contribution < -0.4 is 0 Å². The average molecular weight is 192 g/mol. The minimum atomic E-state index is -1.11. The molecule has 0 aromatic heterocycles. The van der Waals surface area contributed by atoms with E-state index in [-0.39, 0.29) is 5.97 Å². The maximum Gasteiger partial charge on any atom is 0.321 e. The number of carbonyl (C=O) groups excluding carboxylic acids is 1. The van der Waals surface area contributed by atoms with Crippen LogP contribution in [0.5, 0.6) is 0 Å². The monoisotopic (exact) mass is 192 g/mol. The number of methoxy groups -OCH3 is 1. The molecule has 0 rings (SSSR count). The molecule has 3 nitrogen and oxygen atoms in total. The van der Waals surface area contributed by atoms with Gasteiger partial charge in [-0.25, -0.2) is 0 Å². The second kappa shape index (κ2) is 6.17. The summed E-state index contributed by atoms with van der Waals surface area (Å²) in [5.74, 6) is -0.357. The third-order valence-corrected chi connectivity index (χ3v) is 2.91. The lowest BCUT2D eigenvalue weighted by Crippen LogP contribution is -2.26. The van der Waals surface area contributed by atoms with E-state index in [0.717, 1.165) is 12.8 Å². The van der Waals surface area contributed by atoms with E-state index in [1.165, 1.54) is 13.4 Å². The lowest BCUT2D eigenvalue weighted by atomic mass is 10.2. The summed E-state index contributed by atoms with van der Waals surface area (Å²) in [5.41, 5.74) is 0. The van der Waals surface area contributed by atoms with E-state index < -0.39 is 16.0 Å². The molecule has 72 valence electrons. The fraction of sp³-hybridized carbons (Fsp3) is 0.875. The topological polar surface area (TPSA) is 43.4 Å². The zero-order valence-electron chi connectivity index (χ0n) is 7.83. The summed E-state index contributed by atoms with van der Waals surface area (Å²) in [6.07, 6.45) is 4.12. The Bertz CT molecular complexity index is 168. The zero-order valence-corrected chi connectivity index (χ0v) is 8.65. The molecule has 0 aliphatic carbocycles. The van der Waals surface area contributed by atoms with Crippen molar-refractivity contribution in [1.29, 1.82) is 0 Å². The van der Waals surface area contributed by atoms with Crippen LogP contribution in [0, 0.1) is 0 Å². The first-order chi connectivity index (χ1) is 5.63. The second-order valence-electron chi connectivity index (χ2n) is 2.65. The van der Waals surface area contributed by atoms with E-state index in [0.29, 0.717) is 6.42 Å². The predicted octanol–water partition coefficient (Wildman–Crippen LogP) is 1.10. The number of hydrogen-bond donors (Lipinski definition) is 0. The van der Waals surface area contributed by atoms with E-state index in [1.807, 2.05) is 6.92 Å². The van der Waals surface area contributed by atoms with Crippen molar-refractivity contribution in [3.05, 3.63) is 0 Å². The van der Waals surface area contributed by atoms with Crippen LogP contribution in [0.3, 0.4) is 0 Å².